The Bertz CT molecular complexity index is 3980. The quantitative estimate of drug-likeness (QED) is 0.127. The first-order valence-electron chi connectivity index (χ1n) is 27.2. The largest absolute Gasteiger partial charge is 0.457 e. The number of benzene rings is 8. The standard InChI is InChI=1S/C44H56B28O/c45-15-9(28(58)41(71)43-13(15)14-29(59)38(68)40(70)42(72)44(14)73-43)2-6-3(16(46)30(60)33(63)19(6)49)1(4-7(2)20(50)34(64)31(61)17(4)47)5-8(21(51)35(65)32(62)18(5)48)10-22(52)24(54)11(25(55)23(10)53)12-26(56)36(66)39(69)37(67)27(12)57/h45-72H2. The molecule has 0 unspecified atom stereocenters. The van der Waals surface area contributed by atoms with Gasteiger partial charge in [0.05, 0.1) is 0 Å². The van der Waals surface area contributed by atoms with Crippen molar-refractivity contribution in [2.45, 2.75) is 0 Å². The summed E-state index contributed by atoms with van der Waals surface area (Å²) >= 11 is 0. The Morgan fingerprint density at radius 3 is 0.630 bits per heavy atom. The van der Waals surface area contributed by atoms with E-state index < -0.39 is 0 Å². The van der Waals surface area contributed by atoms with Crippen molar-refractivity contribution in [2.24, 2.45) is 0 Å². The van der Waals surface area contributed by atoms with Crippen LogP contribution in [0.5, 0.6) is 0 Å². The number of hydrogen-bond donors (Lipinski definition) is 0. The van der Waals surface area contributed by atoms with Gasteiger partial charge in [0, 0.05) is 10.8 Å². The van der Waals surface area contributed by atoms with Gasteiger partial charge in [-0.2, -0.15) is 0 Å². The highest BCUT2D eigenvalue weighted by molar-refractivity contribution is 6.77. The van der Waals surface area contributed by atoms with Crippen molar-refractivity contribution in [3.8, 4) is 44.5 Å². The van der Waals surface area contributed by atoms with Crippen LogP contribution in [0.3, 0.4) is 0 Å². The maximum Gasteiger partial charge on any atom is 0.143 e. The minimum Gasteiger partial charge on any atom is -0.457 e. The lowest BCUT2D eigenvalue weighted by Crippen LogP contribution is -2.57. The van der Waals surface area contributed by atoms with E-state index in [9.17, 15) is 0 Å². The number of fused-ring (bicyclic) bond motifs is 5. The molecule has 322 valence electrons. The monoisotopic (exact) mass is 909 g/mol. The second kappa shape index (κ2) is 18.3. The molecule has 0 amide bonds. The zero-order valence-corrected chi connectivity index (χ0v) is 50.4. The molecule has 73 heavy (non-hydrogen) atoms. The van der Waals surface area contributed by atoms with E-state index in [-0.39, 0.29) is 0 Å². The molecule has 0 saturated heterocycles. The van der Waals surface area contributed by atoms with Crippen molar-refractivity contribution in [3.05, 3.63) is 0 Å². The zero-order chi connectivity index (χ0) is 54.1. The van der Waals surface area contributed by atoms with Gasteiger partial charge in [-0.25, -0.2) is 0 Å². The van der Waals surface area contributed by atoms with Crippen LogP contribution in [0.15, 0.2) is 4.42 Å². The van der Waals surface area contributed by atoms with Crippen LogP contribution in [-0.2, 0) is 0 Å². The van der Waals surface area contributed by atoms with Crippen molar-refractivity contribution in [2.75, 3.05) is 0 Å². The van der Waals surface area contributed by atoms with Crippen LogP contribution in [-0.4, -0.2) is 220 Å². The third-order valence-corrected chi connectivity index (χ3v) is 21.0. The molecule has 0 aliphatic heterocycles. The Hall–Kier alpha value is -4.10. The second-order valence-electron chi connectivity index (χ2n) is 23.5. The van der Waals surface area contributed by atoms with Crippen molar-refractivity contribution in [1.82, 2.24) is 0 Å². The molecular weight excluding hydrogens is 847 g/mol. The van der Waals surface area contributed by atoms with Crippen molar-refractivity contribution in [3.63, 3.8) is 0 Å². The van der Waals surface area contributed by atoms with Crippen LogP contribution >= 0.6 is 0 Å². The summed E-state index contributed by atoms with van der Waals surface area (Å²) in [7, 11) is 66.3. The summed E-state index contributed by atoms with van der Waals surface area (Å²) in [6, 6.07) is 0. The van der Waals surface area contributed by atoms with Crippen molar-refractivity contribution < 1.29 is 4.42 Å². The van der Waals surface area contributed by atoms with Crippen LogP contribution in [0.25, 0.3) is 88.0 Å². The Balaban J connectivity index is 1.59. The molecule has 0 N–H and O–H groups in total. The summed E-state index contributed by atoms with van der Waals surface area (Å²) in [6.45, 7) is 0. The Morgan fingerprint density at radius 2 is 0.288 bits per heavy atom. The molecule has 0 atom stereocenters. The highest BCUT2D eigenvalue weighted by Crippen LogP contribution is 2.42. The first kappa shape index (κ1) is 53.7. The predicted molar refractivity (Wildman–Crippen MR) is 419 cm³/mol. The SMILES string of the molecule is Bc1c(B)c(B)c(-c2c(B)c(B)c(-c3c(B)c(B)c(B)c(B)c3-c3c4c(B)c(B)c(B)c(B)c4c(-c4c(B)c(B)c5oc6c(B)c(B)c(B)c(B)c6c5c4B)c4c(B)c(B)c(B)c(B)c34)c(B)c2B)c(B)c1B. The number of furan rings is 1. The molecule has 0 aliphatic rings. The summed E-state index contributed by atoms with van der Waals surface area (Å²) in [5.74, 6) is 0. The summed E-state index contributed by atoms with van der Waals surface area (Å²) in [5.41, 5.74) is 51.4. The van der Waals surface area contributed by atoms with E-state index in [4.69, 9.17) is 4.42 Å². The van der Waals surface area contributed by atoms with Crippen LogP contribution < -0.4 is 153 Å². The topological polar surface area (TPSA) is 13.1 Å². The molecule has 0 fully saturated rings. The molecule has 0 radical (unpaired) electrons. The molecule has 9 rings (SSSR count). The molecule has 8 aromatic carbocycles. The highest BCUT2D eigenvalue weighted by Gasteiger charge is 2.32. The van der Waals surface area contributed by atoms with Crippen LogP contribution in [0.1, 0.15) is 0 Å². The third kappa shape index (κ3) is 7.09. The highest BCUT2D eigenvalue weighted by atomic mass is 16.3. The zero-order valence-electron chi connectivity index (χ0n) is 50.4. The molecule has 1 aromatic heterocycles. The van der Waals surface area contributed by atoms with Crippen LogP contribution in [0.2, 0.25) is 0 Å². The minimum absolute atomic E-state index is 1.03. The molecular formula is C44H56B28O. The first-order valence-corrected chi connectivity index (χ1v) is 27.2. The lowest BCUT2D eigenvalue weighted by molar-refractivity contribution is 0.675. The minimum atomic E-state index is 1.03. The summed E-state index contributed by atoms with van der Waals surface area (Å²) in [6.07, 6.45) is 0. The molecule has 29 heteroatoms. The Labute approximate surface area is 461 Å². The Kier molecular flexibility index (Phi) is 13.5. The number of rotatable bonds is 4. The van der Waals surface area contributed by atoms with E-state index in [1.54, 1.807) is 0 Å². The summed E-state index contributed by atoms with van der Waals surface area (Å²) in [5, 5.41) is 8.10. The molecule has 9 aromatic rings. The molecule has 0 spiro atoms. The van der Waals surface area contributed by atoms with Gasteiger partial charge in [-0.3, -0.25) is 0 Å². The molecule has 0 aliphatic carbocycles. The van der Waals surface area contributed by atoms with Crippen LogP contribution in [0.4, 0.5) is 0 Å². The maximum atomic E-state index is 7.09. The van der Waals surface area contributed by atoms with Gasteiger partial charge in [0.2, 0.25) is 0 Å². The van der Waals surface area contributed by atoms with Gasteiger partial charge in [-0.05, 0) is 66.1 Å². The molecule has 1 heterocycles. The summed E-state index contributed by atoms with van der Waals surface area (Å²) in [4.78, 5) is 0. The van der Waals surface area contributed by atoms with Gasteiger partial charge in [-0.15, -0.1) is 54.6 Å². The van der Waals surface area contributed by atoms with Gasteiger partial charge in [0.25, 0.3) is 0 Å². The van der Waals surface area contributed by atoms with Gasteiger partial charge in [0.15, 0.2) is 0 Å². The van der Waals surface area contributed by atoms with Crippen molar-refractivity contribution in [1.29, 1.82) is 0 Å². The fourth-order valence-corrected chi connectivity index (χ4v) is 14.2. The average molecular weight is 904 g/mol. The van der Waals surface area contributed by atoms with E-state index in [1.807, 2.05) is 0 Å². The fourth-order valence-electron chi connectivity index (χ4n) is 14.2. The lowest BCUT2D eigenvalue weighted by atomic mass is 9.54. The van der Waals surface area contributed by atoms with Gasteiger partial charge in [-0.1, -0.05) is 98.3 Å². The lowest BCUT2D eigenvalue weighted by Gasteiger charge is -2.33. The van der Waals surface area contributed by atoms with E-state index in [0.29, 0.717) is 0 Å². The van der Waals surface area contributed by atoms with Gasteiger partial charge >= 0.3 is 0 Å². The summed E-state index contributed by atoms with van der Waals surface area (Å²) < 4.78 is 7.09. The fraction of sp³-hybridized carbons (Fsp3) is 0. The van der Waals surface area contributed by atoms with E-state index in [0.717, 1.165) is 11.2 Å². The average Bonchev–Trinajstić information content (AvgIpc) is 3.78. The number of hydrogen-bond acceptors (Lipinski definition) is 1. The van der Waals surface area contributed by atoms with Crippen LogP contribution in [0, 0.1) is 0 Å². The van der Waals surface area contributed by atoms with Crippen molar-refractivity contribution >= 4 is 416 Å². The smallest absolute Gasteiger partial charge is 0.143 e. The Morgan fingerprint density at radius 1 is 0.123 bits per heavy atom. The van der Waals surface area contributed by atoms with Gasteiger partial charge in [0.1, 0.15) is 231 Å². The second-order valence-corrected chi connectivity index (χ2v) is 23.5. The molecule has 0 bridgehead atoms. The molecule has 0 saturated carbocycles. The maximum absolute atomic E-state index is 7.09. The van der Waals surface area contributed by atoms with E-state index >= 15 is 0 Å². The molecule has 1 nitrogen and oxygen atoms in total. The van der Waals surface area contributed by atoms with E-state index in [2.05, 4.69) is 220 Å². The first-order chi connectivity index (χ1) is 34.0. The normalized spacial score (nSPS) is 11.7. The van der Waals surface area contributed by atoms with E-state index in [1.165, 1.54) is 230 Å². The van der Waals surface area contributed by atoms with Gasteiger partial charge < -0.3 is 4.42 Å². The predicted octanol–water partition coefficient (Wildman–Crippen LogP) is -36.2. The third-order valence-electron chi connectivity index (χ3n) is 21.0.